The fourth-order valence-corrected chi connectivity index (χ4v) is 3.59. The zero-order valence-electron chi connectivity index (χ0n) is 18.0. The van der Waals surface area contributed by atoms with Gasteiger partial charge in [0.05, 0.1) is 12.3 Å². The maximum Gasteiger partial charge on any atom is 0.335 e. The van der Waals surface area contributed by atoms with Crippen molar-refractivity contribution < 1.29 is 23.9 Å². The van der Waals surface area contributed by atoms with Crippen LogP contribution < -0.4 is 19.7 Å². The van der Waals surface area contributed by atoms with Crippen LogP contribution in [-0.4, -0.2) is 31.1 Å². The minimum atomic E-state index is -0.813. The van der Waals surface area contributed by atoms with Gasteiger partial charge in [0.25, 0.3) is 11.8 Å². The van der Waals surface area contributed by atoms with E-state index < -0.39 is 17.8 Å². The van der Waals surface area contributed by atoms with E-state index in [1.807, 2.05) is 37.3 Å². The third kappa shape index (κ3) is 4.34. The van der Waals surface area contributed by atoms with Gasteiger partial charge in [-0.05, 0) is 54.1 Å². The van der Waals surface area contributed by atoms with Gasteiger partial charge in [-0.3, -0.25) is 14.9 Å². The van der Waals surface area contributed by atoms with Crippen LogP contribution in [0.25, 0.3) is 16.8 Å². The molecule has 0 aromatic heterocycles. The number of nitrogens with one attached hydrogen (secondary N) is 1. The first-order valence-electron chi connectivity index (χ1n) is 10.4. The number of anilines is 1. The predicted molar refractivity (Wildman–Crippen MR) is 126 cm³/mol. The molecule has 1 N–H and O–H groups in total. The summed E-state index contributed by atoms with van der Waals surface area (Å²) in [7, 11) is 0. The maximum absolute atomic E-state index is 13.3. The van der Waals surface area contributed by atoms with Gasteiger partial charge in [-0.25, -0.2) is 9.69 Å². The Hall–Kier alpha value is -4.39. The SMILES string of the molecule is C=CCOc1ccc2ccccc2c1/C=C1\C(=O)NC(=O)N(c2ccc(OCC)cc2)C1=O. The quantitative estimate of drug-likeness (QED) is 0.332. The lowest BCUT2D eigenvalue weighted by atomic mass is 9.99. The minimum absolute atomic E-state index is 0.178. The lowest BCUT2D eigenvalue weighted by Crippen LogP contribution is -2.54. The number of rotatable bonds is 7. The van der Waals surface area contributed by atoms with Gasteiger partial charge in [0.1, 0.15) is 23.7 Å². The summed E-state index contributed by atoms with van der Waals surface area (Å²) in [5.41, 5.74) is 0.707. The van der Waals surface area contributed by atoms with E-state index in [1.165, 1.54) is 6.08 Å². The van der Waals surface area contributed by atoms with E-state index in [9.17, 15) is 14.4 Å². The first-order chi connectivity index (χ1) is 16.0. The molecule has 1 fully saturated rings. The molecule has 4 amide bonds. The van der Waals surface area contributed by atoms with Crippen LogP contribution in [0.15, 0.2) is 78.9 Å². The number of hydrogen-bond acceptors (Lipinski definition) is 5. The molecular weight excluding hydrogens is 420 g/mol. The van der Waals surface area contributed by atoms with E-state index in [0.717, 1.165) is 15.7 Å². The van der Waals surface area contributed by atoms with E-state index >= 15 is 0 Å². The number of carbonyl (C=O) groups excluding carboxylic acids is 3. The van der Waals surface area contributed by atoms with Crippen molar-refractivity contribution >= 4 is 40.4 Å². The van der Waals surface area contributed by atoms with Crippen molar-refractivity contribution in [3.63, 3.8) is 0 Å². The molecule has 0 saturated carbocycles. The number of barbiturate groups is 1. The molecule has 0 atom stereocenters. The Morgan fingerprint density at radius 1 is 0.970 bits per heavy atom. The topological polar surface area (TPSA) is 84.9 Å². The molecule has 7 heteroatoms. The molecule has 1 saturated heterocycles. The van der Waals surface area contributed by atoms with Crippen LogP contribution in [0.4, 0.5) is 10.5 Å². The molecular formula is C26H22N2O5. The molecule has 0 bridgehead atoms. The van der Waals surface area contributed by atoms with Crippen molar-refractivity contribution in [3.05, 3.63) is 84.5 Å². The summed E-state index contributed by atoms with van der Waals surface area (Å²) in [4.78, 5) is 39.4. The minimum Gasteiger partial charge on any atom is -0.494 e. The monoisotopic (exact) mass is 442 g/mol. The highest BCUT2D eigenvalue weighted by Crippen LogP contribution is 2.32. The molecule has 0 unspecified atom stereocenters. The Bertz CT molecular complexity index is 1280. The van der Waals surface area contributed by atoms with Crippen LogP contribution in [0, 0.1) is 0 Å². The van der Waals surface area contributed by atoms with Crippen molar-refractivity contribution in [2.24, 2.45) is 0 Å². The summed E-state index contributed by atoms with van der Waals surface area (Å²) in [6.45, 7) is 6.27. The molecule has 33 heavy (non-hydrogen) atoms. The normalized spacial score (nSPS) is 15.0. The summed E-state index contributed by atoms with van der Waals surface area (Å²) < 4.78 is 11.2. The molecule has 3 aromatic rings. The summed E-state index contributed by atoms with van der Waals surface area (Å²) in [5, 5.41) is 3.97. The molecule has 4 rings (SSSR count). The number of amides is 4. The number of nitrogens with zero attached hydrogens (tertiary/aromatic N) is 1. The molecule has 0 spiro atoms. The summed E-state index contributed by atoms with van der Waals surface area (Å²) in [6, 6.07) is 16.9. The number of ether oxygens (including phenoxy) is 2. The maximum atomic E-state index is 13.3. The average molecular weight is 442 g/mol. The number of imide groups is 2. The summed E-state index contributed by atoms with van der Waals surface area (Å²) >= 11 is 0. The number of urea groups is 1. The molecule has 1 aliphatic heterocycles. The molecule has 1 heterocycles. The van der Waals surface area contributed by atoms with Crippen molar-refractivity contribution in [2.45, 2.75) is 6.92 Å². The smallest absolute Gasteiger partial charge is 0.335 e. The van der Waals surface area contributed by atoms with Gasteiger partial charge in [-0.1, -0.05) is 43.0 Å². The standard InChI is InChI=1S/C26H22N2O5/c1-3-15-33-23-14-9-17-7-5-6-8-20(17)21(23)16-22-24(29)27-26(31)28(25(22)30)18-10-12-19(13-11-18)32-4-2/h3,5-14,16H,1,4,15H2,2H3,(H,27,29,31)/b22-16+. The van der Waals surface area contributed by atoms with E-state index in [1.54, 1.807) is 36.4 Å². The van der Waals surface area contributed by atoms with Crippen molar-refractivity contribution in [2.75, 3.05) is 18.1 Å². The van der Waals surface area contributed by atoms with Crippen LogP contribution >= 0.6 is 0 Å². The van der Waals surface area contributed by atoms with Gasteiger partial charge in [0, 0.05) is 5.56 Å². The molecule has 0 aliphatic carbocycles. The van der Waals surface area contributed by atoms with Crippen LogP contribution in [0.2, 0.25) is 0 Å². The highest BCUT2D eigenvalue weighted by atomic mass is 16.5. The second-order valence-electron chi connectivity index (χ2n) is 7.18. The highest BCUT2D eigenvalue weighted by molar-refractivity contribution is 6.39. The third-order valence-corrected chi connectivity index (χ3v) is 5.08. The second kappa shape index (κ2) is 9.40. The van der Waals surface area contributed by atoms with E-state index in [4.69, 9.17) is 9.47 Å². The van der Waals surface area contributed by atoms with Gasteiger partial charge in [-0.15, -0.1) is 0 Å². The Balaban J connectivity index is 1.79. The fourth-order valence-electron chi connectivity index (χ4n) is 3.59. The number of benzene rings is 3. The molecule has 1 aliphatic rings. The summed E-state index contributed by atoms with van der Waals surface area (Å²) in [6.07, 6.45) is 3.07. The third-order valence-electron chi connectivity index (χ3n) is 5.08. The van der Waals surface area contributed by atoms with Crippen LogP contribution in [-0.2, 0) is 9.59 Å². The molecule has 7 nitrogen and oxygen atoms in total. The number of hydrogen-bond donors (Lipinski definition) is 1. The van der Waals surface area contributed by atoms with Gasteiger partial charge in [-0.2, -0.15) is 0 Å². The molecule has 3 aromatic carbocycles. The number of carbonyl (C=O) groups is 3. The van der Waals surface area contributed by atoms with E-state index in [0.29, 0.717) is 29.4 Å². The van der Waals surface area contributed by atoms with Crippen LogP contribution in [0.1, 0.15) is 12.5 Å². The largest absolute Gasteiger partial charge is 0.494 e. The van der Waals surface area contributed by atoms with Crippen molar-refractivity contribution in [3.8, 4) is 11.5 Å². The van der Waals surface area contributed by atoms with Crippen molar-refractivity contribution in [1.29, 1.82) is 0 Å². The Labute approximate surface area is 190 Å². The van der Waals surface area contributed by atoms with Gasteiger partial charge < -0.3 is 9.47 Å². The Morgan fingerprint density at radius 3 is 2.45 bits per heavy atom. The molecule has 166 valence electrons. The summed E-state index contributed by atoms with van der Waals surface area (Å²) in [5.74, 6) is -0.394. The highest BCUT2D eigenvalue weighted by Gasteiger charge is 2.37. The number of fused-ring (bicyclic) bond motifs is 1. The Morgan fingerprint density at radius 2 is 1.73 bits per heavy atom. The first kappa shape index (κ1) is 21.8. The van der Waals surface area contributed by atoms with E-state index in [-0.39, 0.29) is 12.2 Å². The second-order valence-corrected chi connectivity index (χ2v) is 7.18. The lowest BCUT2D eigenvalue weighted by molar-refractivity contribution is -0.122. The zero-order valence-corrected chi connectivity index (χ0v) is 18.0. The van der Waals surface area contributed by atoms with E-state index in [2.05, 4.69) is 11.9 Å². The Kier molecular flexibility index (Phi) is 6.22. The van der Waals surface area contributed by atoms with Crippen molar-refractivity contribution in [1.82, 2.24) is 5.32 Å². The average Bonchev–Trinajstić information content (AvgIpc) is 2.82. The fraction of sp³-hybridized carbons (Fsp3) is 0.115. The first-order valence-corrected chi connectivity index (χ1v) is 10.4. The van der Waals surface area contributed by atoms with Gasteiger partial charge in [0.15, 0.2) is 0 Å². The predicted octanol–water partition coefficient (Wildman–Crippen LogP) is 4.47. The van der Waals surface area contributed by atoms with Gasteiger partial charge >= 0.3 is 6.03 Å². The van der Waals surface area contributed by atoms with Crippen LogP contribution in [0.5, 0.6) is 11.5 Å². The van der Waals surface area contributed by atoms with Crippen LogP contribution in [0.3, 0.4) is 0 Å². The zero-order chi connectivity index (χ0) is 23.4. The lowest BCUT2D eigenvalue weighted by Gasteiger charge is -2.26. The molecule has 0 radical (unpaired) electrons. The van der Waals surface area contributed by atoms with Gasteiger partial charge in [0.2, 0.25) is 0 Å².